The van der Waals surface area contributed by atoms with Gasteiger partial charge in [0.2, 0.25) is 5.91 Å². The third-order valence-corrected chi connectivity index (χ3v) is 5.58. The van der Waals surface area contributed by atoms with Gasteiger partial charge in [0.15, 0.2) is 11.9 Å². The van der Waals surface area contributed by atoms with Crippen LogP contribution < -0.4 is 5.32 Å². The van der Waals surface area contributed by atoms with Crippen molar-refractivity contribution in [2.45, 2.75) is 32.8 Å². The fraction of sp³-hybridized carbons (Fsp3) is 0.308. The number of ketones is 1. The van der Waals surface area contributed by atoms with Crippen molar-refractivity contribution >= 4 is 35.3 Å². The highest BCUT2D eigenvalue weighted by molar-refractivity contribution is 6.04. The van der Waals surface area contributed by atoms with E-state index in [0.717, 1.165) is 5.56 Å². The molecule has 1 N–H and O–H groups in total. The number of rotatable bonds is 7. The van der Waals surface area contributed by atoms with Gasteiger partial charge in [-0.2, -0.15) is 0 Å². The van der Waals surface area contributed by atoms with Crippen molar-refractivity contribution in [2.24, 2.45) is 5.92 Å². The topological polar surface area (TPSA) is 92.8 Å². The van der Waals surface area contributed by atoms with E-state index in [0.29, 0.717) is 37.2 Å². The lowest BCUT2D eigenvalue weighted by molar-refractivity contribution is -0.159. The van der Waals surface area contributed by atoms with Gasteiger partial charge in [-0.05, 0) is 50.5 Å². The Bertz CT molecular complexity index is 1040. The Hall–Kier alpha value is -3.74. The summed E-state index contributed by atoms with van der Waals surface area (Å²) in [4.78, 5) is 50.9. The predicted molar refractivity (Wildman–Crippen MR) is 125 cm³/mol. The molecule has 0 saturated carbocycles. The smallest absolute Gasteiger partial charge is 0.309 e. The largest absolute Gasteiger partial charge is 0.452 e. The Morgan fingerprint density at radius 3 is 2.30 bits per heavy atom. The molecule has 2 amide bonds. The maximum absolute atomic E-state index is 12.6. The number of amides is 2. The van der Waals surface area contributed by atoms with Gasteiger partial charge >= 0.3 is 5.97 Å². The van der Waals surface area contributed by atoms with E-state index < -0.39 is 18.0 Å². The van der Waals surface area contributed by atoms with Crippen molar-refractivity contribution in [3.8, 4) is 0 Å². The minimum Gasteiger partial charge on any atom is -0.452 e. The van der Waals surface area contributed by atoms with Gasteiger partial charge < -0.3 is 15.0 Å². The number of hydrogen-bond acceptors (Lipinski definition) is 5. The lowest BCUT2D eigenvalue weighted by atomic mass is 9.97. The zero-order valence-corrected chi connectivity index (χ0v) is 18.8. The second-order valence-corrected chi connectivity index (χ2v) is 8.01. The van der Waals surface area contributed by atoms with E-state index in [1.54, 1.807) is 41.3 Å². The van der Waals surface area contributed by atoms with Crippen LogP contribution in [0.4, 0.5) is 5.69 Å². The predicted octanol–water partition coefficient (Wildman–Crippen LogP) is 3.71. The number of benzene rings is 2. The molecule has 2 aromatic carbocycles. The molecule has 2 aromatic rings. The molecule has 172 valence electrons. The van der Waals surface area contributed by atoms with Crippen molar-refractivity contribution < 1.29 is 23.9 Å². The van der Waals surface area contributed by atoms with Gasteiger partial charge in [-0.15, -0.1) is 0 Å². The van der Waals surface area contributed by atoms with Gasteiger partial charge in [0.05, 0.1) is 11.6 Å². The van der Waals surface area contributed by atoms with Crippen LogP contribution in [-0.2, 0) is 19.1 Å². The molecule has 1 atom stereocenters. The molecule has 0 bridgehead atoms. The van der Waals surface area contributed by atoms with Gasteiger partial charge in [-0.25, -0.2) is 0 Å². The number of nitrogens with zero attached hydrogens (tertiary/aromatic N) is 1. The number of para-hydroxylation sites is 1. The molecule has 1 fully saturated rings. The first kappa shape index (κ1) is 23.9. The van der Waals surface area contributed by atoms with Crippen LogP contribution in [-0.4, -0.2) is 47.7 Å². The van der Waals surface area contributed by atoms with Crippen molar-refractivity contribution in [3.05, 3.63) is 71.8 Å². The van der Waals surface area contributed by atoms with Crippen molar-refractivity contribution in [3.63, 3.8) is 0 Å². The summed E-state index contributed by atoms with van der Waals surface area (Å²) < 4.78 is 5.37. The molecule has 1 heterocycles. The number of Topliss-reactive ketones (excluding diaryl/α,β-unsaturated/α-hetero) is 1. The number of carbonyl (C=O) groups is 4. The molecular formula is C26H28N2O5. The fourth-order valence-electron chi connectivity index (χ4n) is 3.63. The first-order valence-electron chi connectivity index (χ1n) is 11.0. The molecule has 1 unspecified atom stereocenters. The molecule has 3 rings (SSSR count). The average Bonchev–Trinajstić information content (AvgIpc) is 2.83. The Kier molecular flexibility index (Phi) is 8.13. The Morgan fingerprint density at radius 2 is 1.64 bits per heavy atom. The molecule has 0 radical (unpaired) electrons. The van der Waals surface area contributed by atoms with E-state index in [9.17, 15) is 19.2 Å². The summed E-state index contributed by atoms with van der Waals surface area (Å²) in [5.41, 5.74) is 1.72. The zero-order chi connectivity index (χ0) is 23.8. The molecule has 7 nitrogen and oxygen atoms in total. The summed E-state index contributed by atoms with van der Waals surface area (Å²) in [6.07, 6.45) is 3.26. The van der Waals surface area contributed by atoms with Crippen LogP contribution in [0.3, 0.4) is 0 Å². The van der Waals surface area contributed by atoms with Crippen LogP contribution in [0.25, 0.3) is 6.08 Å². The van der Waals surface area contributed by atoms with Crippen molar-refractivity contribution in [1.29, 1.82) is 0 Å². The second-order valence-electron chi connectivity index (χ2n) is 8.01. The van der Waals surface area contributed by atoms with Gasteiger partial charge in [0, 0.05) is 24.7 Å². The lowest BCUT2D eigenvalue weighted by Crippen LogP contribution is -2.41. The molecule has 0 spiro atoms. The Morgan fingerprint density at radius 1 is 1.00 bits per heavy atom. The highest BCUT2D eigenvalue weighted by Gasteiger charge is 2.30. The summed E-state index contributed by atoms with van der Waals surface area (Å²) in [7, 11) is 0. The third kappa shape index (κ3) is 6.62. The average molecular weight is 449 g/mol. The molecule has 1 aliphatic heterocycles. The van der Waals surface area contributed by atoms with Crippen LogP contribution in [0.1, 0.15) is 42.6 Å². The van der Waals surface area contributed by atoms with Crippen molar-refractivity contribution in [2.75, 3.05) is 18.4 Å². The quantitative estimate of drug-likeness (QED) is 0.396. The van der Waals surface area contributed by atoms with Gasteiger partial charge in [-0.1, -0.05) is 42.5 Å². The second kappa shape index (κ2) is 11.2. The molecule has 7 heteroatoms. The first-order chi connectivity index (χ1) is 15.8. The minimum absolute atomic E-state index is 0.0949. The van der Waals surface area contributed by atoms with Gasteiger partial charge in [-0.3, -0.25) is 19.2 Å². The standard InChI is InChI=1S/C26H28N2O5/c1-18(29)22-10-6-7-11-23(22)27-25(31)19(2)33-26(32)21-14-16-28(17-15-21)24(30)13-12-20-8-4-3-5-9-20/h3-13,19,21H,14-17H2,1-2H3,(H,27,31)/b13-12+. The highest BCUT2D eigenvalue weighted by atomic mass is 16.5. The van der Waals surface area contributed by atoms with E-state index >= 15 is 0 Å². The number of piperidine rings is 1. The summed E-state index contributed by atoms with van der Waals surface area (Å²) in [5.74, 6) is -1.59. The monoisotopic (exact) mass is 448 g/mol. The molecule has 33 heavy (non-hydrogen) atoms. The molecule has 0 aromatic heterocycles. The summed E-state index contributed by atoms with van der Waals surface area (Å²) in [6, 6.07) is 16.2. The first-order valence-corrected chi connectivity index (χ1v) is 11.0. The molecule has 1 saturated heterocycles. The van der Waals surface area contributed by atoms with Crippen LogP contribution in [0, 0.1) is 5.92 Å². The normalized spacial score (nSPS) is 15.2. The highest BCUT2D eigenvalue weighted by Crippen LogP contribution is 2.21. The SMILES string of the molecule is CC(=O)c1ccccc1NC(=O)C(C)OC(=O)C1CCN(C(=O)/C=C/c2ccccc2)CC1. The van der Waals surface area contributed by atoms with Crippen LogP contribution in [0.15, 0.2) is 60.7 Å². The Labute approximate surface area is 193 Å². The summed E-state index contributed by atoms with van der Waals surface area (Å²) in [5, 5.41) is 2.65. The number of carbonyl (C=O) groups excluding carboxylic acids is 4. The van der Waals surface area contributed by atoms with E-state index in [-0.39, 0.29) is 17.6 Å². The maximum Gasteiger partial charge on any atom is 0.309 e. The maximum atomic E-state index is 12.6. The number of nitrogens with one attached hydrogen (secondary N) is 1. The van der Waals surface area contributed by atoms with E-state index in [1.165, 1.54) is 13.8 Å². The van der Waals surface area contributed by atoms with Gasteiger partial charge in [0.1, 0.15) is 0 Å². The summed E-state index contributed by atoms with van der Waals surface area (Å²) in [6.45, 7) is 3.81. The summed E-state index contributed by atoms with van der Waals surface area (Å²) >= 11 is 0. The Balaban J connectivity index is 1.47. The molecule has 0 aliphatic carbocycles. The van der Waals surface area contributed by atoms with E-state index in [2.05, 4.69) is 5.32 Å². The van der Waals surface area contributed by atoms with Crippen LogP contribution in [0.2, 0.25) is 0 Å². The van der Waals surface area contributed by atoms with E-state index in [1.807, 2.05) is 30.3 Å². The van der Waals surface area contributed by atoms with E-state index in [4.69, 9.17) is 4.74 Å². The number of ether oxygens (including phenoxy) is 1. The zero-order valence-electron chi connectivity index (χ0n) is 18.8. The third-order valence-electron chi connectivity index (χ3n) is 5.58. The van der Waals surface area contributed by atoms with Crippen molar-refractivity contribution in [1.82, 2.24) is 4.90 Å². The number of likely N-dealkylation sites (tertiary alicyclic amines) is 1. The van der Waals surface area contributed by atoms with Crippen LogP contribution in [0.5, 0.6) is 0 Å². The van der Waals surface area contributed by atoms with Crippen LogP contribution >= 0.6 is 0 Å². The minimum atomic E-state index is -1.01. The molecular weight excluding hydrogens is 420 g/mol. The number of esters is 1. The number of anilines is 1. The number of hydrogen-bond donors (Lipinski definition) is 1. The molecule has 1 aliphatic rings. The van der Waals surface area contributed by atoms with Gasteiger partial charge in [0.25, 0.3) is 5.91 Å². The fourth-order valence-corrected chi connectivity index (χ4v) is 3.63. The lowest BCUT2D eigenvalue weighted by Gasteiger charge is -2.30.